The molecule has 2 aromatic rings. The third-order valence-corrected chi connectivity index (χ3v) is 4.18. The van der Waals surface area contributed by atoms with Crippen LogP contribution in [-0.2, 0) is 0 Å². The van der Waals surface area contributed by atoms with Crippen LogP contribution in [0.2, 0.25) is 10.0 Å². The number of aromatic nitrogens is 1. The first-order valence-electron chi connectivity index (χ1n) is 6.51. The van der Waals surface area contributed by atoms with Gasteiger partial charge in [0.05, 0.1) is 15.8 Å². The van der Waals surface area contributed by atoms with Gasteiger partial charge < -0.3 is 5.32 Å². The van der Waals surface area contributed by atoms with Crippen LogP contribution in [0.4, 0.5) is 9.93 Å². The van der Waals surface area contributed by atoms with E-state index in [9.17, 15) is 4.79 Å². The number of hydrogen-bond acceptors (Lipinski definition) is 4. The highest BCUT2D eigenvalue weighted by Crippen LogP contribution is 2.33. The molecule has 2 N–H and O–H groups in total. The number of amides is 2. The van der Waals surface area contributed by atoms with Crippen molar-refractivity contribution >= 4 is 55.9 Å². The van der Waals surface area contributed by atoms with Crippen molar-refractivity contribution in [2.24, 2.45) is 0 Å². The molecule has 0 fully saturated rings. The van der Waals surface area contributed by atoms with E-state index in [-0.39, 0.29) is 0 Å². The Kier molecular flexibility index (Phi) is 5.61. The predicted octanol–water partition coefficient (Wildman–Crippen LogP) is 5.10. The number of rotatable bonds is 3. The summed E-state index contributed by atoms with van der Waals surface area (Å²) >= 11 is 13.3. The number of carbonyl (C=O) groups excluding carboxylic acids is 1. The largest absolute Gasteiger partial charge is 0.325 e. The second-order valence-electron chi connectivity index (χ2n) is 4.52. The Morgan fingerprint density at radius 2 is 2.17 bits per heavy atom. The van der Waals surface area contributed by atoms with Gasteiger partial charge in [0, 0.05) is 16.3 Å². The summed E-state index contributed by atoms with van der Waals surface area (Å²) in [6.07, 6.45) is 3.23. The van der Waals surface area contributed by atoms with Gasteiger partial charge in [-0.1, -0.05) is 40.6 Å². The van der Waals surface area contributed by atoms with E-state index in [2.05, 4.69) is 15.6 Å². The highest BCUT2D eigenvalue weighted by atomic mass is 35.5. The second kappa shape index (κ2) is 7.47. The average molecular weight is 367 g/mol. The number of carbonyl (C=O) groups is 1. The first-order valence-corrected chi connectivity index (χ1v) is 8.08. The number of fused-ring (bicyclic) bond motifs is 1. The van der Waals surface area contributed by atoms with E-state index in [0.29, 0.717) is 32.0 Å². The molecule has 2 amide bonds. The van der Waals surface area contributed by atoms with Crippen LogP contribution in [0.5, 0.6) is 0 Å². The van der Waals surface area contributed by atoms with Gasteiger partial charge in [-0.2, -0.15) is 5.26 Å². The Bertz CT molecular complexity index is 864. The Hall–Kier alpha value is -2.07. The topological polar surface area (TPSA) is 77.8 Å². The van der Waals surface area contributed by atoms with Gasteiger partial charge in [-0.15, -0.1) is 0 Å². The Labute approximate surface area is 147 Å². The summed E-state index contributed by atoms with van der Waals surface area (Å²) in [5.41, 5.74) is 1.59. The molecule has 1 aromatic heterocycles. The van der Waals surface area contributed by atoms with Crippen molar-refractivity contribution in [3.8, 4) is 6.07 Å². The average Bonchev–Trinajstić information content (AvgIpc) is 2.86. The van der Waals surface area contributed by atoms with E-state index in [1.54, 1.807) is 38.1 Å². The molecule has 0 aliphatic carbocycles. The van der Waals surface area contributed by atoms with Crippen LogP contribution in [-0.4, -0.2) is 11.0 Å². The molecule has 0 aliphatic heterocycles. The number of thiazole rings is 1. The molecule has 2 rings (SSSR count). The molecule has 5 nitrogen and oxygen atoms in total. The molecular weight excluding hydrogens is 355 g/mol. The van der Waals surface area contributed by atoms with E-state index < -0.39 is 6.03 Å². The third-order valence-electron chi connectivity index (χ3n) is 2.76. The van der Waals surface area contributed by atoms with Crippen molar-refractivity contribution in [2.45, 2.75) is 13.8 Å². The molecule has 1 heterocycles. The minimum atomic E-state index is -0.451. The number of urea groups is 1. The molecule has 23 heavy (non-hydrogen) atoms. The van der Waals surface area contributed by atoms with Gasteiger partial charge in [-0.05, 0) is 32.1 Å². The predicted molar refractivity (Wildman–Crippen MR) is 94.9 cm³/mol. The molecular formula is C15H12Cl2N4OS. The third kappa shape index (κ3) is 4.45. The number of nitrogens with zero attached hydrogens (tertiary/aromatic N) is 2. The van der Waals surface area contributed by atoms with Crippen molar-refractivity contribution in [1.29, 1.82) is 5.26 Å². The lowest BCUT2D eigenvalue weighted by Crippen LogP contribution is -2.27. The Morgan fingerprint density at radius 1 is 1.43 bits per heavy atom. The molecule has 0 unspecified atom stereocenters. The molecule has 8 heteroatoms. The minimum absolute atomic E-state index is 0.404. The van der Waals surface area contributed by atoms with Gasteiger partial charge in [-0.3, -0.25) is 5.32 Å². The maximum absolute atomic E-state index is 12.0. The van der Waals surface area contributed by atoms with E-state index in [0.717, 1.165) is 4.70 Å². The van der Waals surface area contributed by atoms with Crippen molar-refractivity contribution in [3.63, 3.8) is 0 Å². The smallest absolute Gasteiger partial charge is 0.312 e. The standard InChI is InChI=1S/C15H12Cl2N4OS/c1-3-9(7-18)4-8(2)19-14(22)21-15-20-13-11(17)5-10(16)6-12(13)23-15/h3-6H,1-2H3,(H2,19,20,21,22)/b8-4+,9-3+. The number of anilines is 1. The van der Waals surface area contributed by atoms with Crippen LogP contribution in [0.1, 0.15) is 13.8 Å². The first-order chi connectivity index (χ1) is 10.9. The van der Waals surface area contributed by atoms with Crippen molar-refractivity contribution < 1.29 is 4.79 Å². The van der Waals surface area contributed by atoms with Gasteiger partial charge in [0.15, 0.2) is 5.13 Å². The van der Waals surface area contributed by atoms with Gasteiger partial charge in [0.1, 0.15) is 5.52 Å². The van der Waals surface area contributed by atoms with Crippen LogP contribution < -0.4 is 10.6 Å². The maximum atomic E-state index is 12.0. The van der Waals surface area contributed by atoms with Crippen molar-refractivity contribution in [2.75, 3.05) is 5.32 Å². The summed E-state index contributed by atoms with van der Waals surface area (Å²) in [7, 11) is 0. The molecule has 0 saturated heterocycles. The second-order valence-corrected chi connectivity index (χ2v) is 6.39. The van der Waals surface area contributed by atoms with Gasteiger partial charge in [0.2, 0.25) is 0 Å². The van der Waals surface area contributed by atoms with E-state index in [1.807, 2.05) is 6.07 Å². The zero-order valence-corrected chi connectivity index (χ0v) is 14.6. The lowest BCUT2D eigenvalue weighted by molar-refractivity contribution is 0.254. The first kappa shape index (κ1) is 17.3. The van der Waals surface area contributed by atoms with E-state index in [1.165, 1.54) is 11.3 Å². The van der Waals surface area contributed by atoms with Crippen LogP contribution in [0, 0.1) is 11.3 Å². The molecule has 0 bridgehead atoms. The fourth-order valence-electron chi connectivity index (χ4n) is 1.77. The molecule has 0 atom stereocenters. The monoisotopic (exact) mass is 366 g/mol. The number of hydrogen-bond donors (Lipinski definition) is 2. The zero-order valence-electron chi connectivity index (χ0n) is 12.3. The van der Waals surface area contributed by atoms with Crippen LogP contribution in [0.3, 0.4) is 0 Å². The molecule has 0 aliphatic rings. The highest BCUT2D eigenvalue weighted by Gasteiger charge is 2.11. The summed E-state index contributed by atoms with van der Waals surface area (Å²) in [5.74, 6) is 0. The molecule has 118 valence electrons. The van der Waals surface area contributed by atoms with Crippen LogP contribution in [0.25, 0.3) is 10.2 Å². The van der Waals surface area contributed by atoms with Crippen LogP contribution in [0.15, 0.2) is 35.6 Å². The zero-order chi connectivity index (χ0) is 17.0. The van der Waals surface area contributed by atoms with Crippen molar-refractivity contribution in [3.05, 3.63) is 45.6 Å². The fourth-order valence-corrected chi connectivity index (χ4v) is 3.35. The molecule has 0 saturated carbocycles. The fraction of sp³-hybridized carbons (Fsp3) is 0.133. The summed E-state index contributed by atoms with van der Waals surface area (Å²) in [6.45, 7) is 3.44. The highest BCUT2D eigenvalue weighted by molar-refractivity contribution is 7.22. The van der Waals surface area contributed by atoms with Gasteiger partial charge >= 0.3 is 6.03 Å². The lowest BCUT2D eigenvalue weighted by Gasteiger charge is -2.05. The molecule has 1 aromatic carbocycles. The lowest BCUT2D eigenvalue weighted by atomic mass is 10.2. The number of nitriles is 1. The minimum Gasteiger partial charge on any atom is -0.312 e. The number of halogens is 2. The Balaban J connectivity index is 2.12. The quantitative estimate of drug-likeness (QED) is 0.585. The number of benzene rings is 1. The number of nitrogens with one attached hydrogen (secondary N) is 2. The molecule has 0 spiro atoms. The Morgan fingerprint density at radius 3 is 2.83 bits per heavy atom. The van der Waals surface area contributed by atoms with Gasteiger partial charge in [0.25, 0.3) is 0 Å². The summed E-state index contributed by atoms with van der Waals surface area (Å²) in [6, 6.07) is 4.90. The van der Waals surface area contributed by atoms with E-state index >= 15 is 0 Å². The van der Waals surface area contributed by atoms with Crippen molar-refractivity contribution in [1.82, 2.24) is 10.3 Å². The maximum Gasteiger partial charge on any atom is 0.325 e. The summed E-state index contributed by atoms with van der Waals surface area (Å²) < 4.78 is 0.783. The summed E-state index contributed by atoms with van der Waals surface area (Å²) in [4.78, 5) is 16.2. The normalized spacial score (nSPS) is 12.1. The SMILES string of the molecule is C/C=C(C#N)\C=C(/C)NC(=O)Nc1nc2c(Cl)cc(Cl)cc2s1. The van der Waals surface area contributed by atoms with E-state index in [4.69, 9.17) is 28.5 Å². The summed E-state index contributed by atoms with van der Waals surface area (Å²) in [5, 5.41) is 15.5. The van der Waals surface area contributed by atoms with Gasteiger partial charge in [-0.25, -0.2) is 9.78 Å². The molecule has 0 radical (unpaired) electrons. The number of allylic oxidation sites excluding steroid dienone is 4. The van der Waals surface area contributed by atoms with Crippen LogP contribution >= 0.6 is 34.5 Å².